The minimum absolute atomic E-state index is 0.218. The van der Waals surface area contributed by atoms with Gasteiger partial charge in [0.05, 0.1) is 29.5 Å². The number of para-hydroxylation sites is 1. The van der Waals surface area contributed by atoms with E-state index >= 15 is 0 Å². The monoisotopic (exact) mass is 541 g/mol. The molecule has 0 bridgehead atoms. The van der Waals surface area contributed by atoms with Crippen LogP contribution in [0.3, 0.4) is 0 Å². The van der Waals surface area contributed by atoms with Gasteiger partial charge in [0, 0.05) is 22.6 Å². The zero-order valence-corrected chi connectivity index (χ0v) is 23.8. The van der Waals surface area contributed by atoms with Crippen LogP contribution < -0.4 is 19.6 Å². The van der Waals surface area contributed by atoms with E-state index in [-0.39, 0.29) is 12.2 Å². The smallest absolute Gasteiger partial charge is 0.338 e. The average molecular weight is 542 g/mol. The van der Waals surface area contributed by atoms with Crippen LogP contribution in [0.4, 0.5) is 0 Å². The third kappa shape index (κ3) is 4.65. The first-order valence-corrected chi connectivity index (χ1v) is 13.6. The highest BCUT2D eigenvalue weighted by Gasteiger charge is 2.35. The Morgan fingerprint density at radius 2 is 1.79 bits per heavy atom. The molecule has 0 saturated carbocycles. The van der Waals surface area contributed by atoms with Crippen molar-refractivity contribution in [3.8, 4) is 11.4 Å². The average Bonchev–Trinajstić information content (AvgIpc) is 3.37. The molecule has 0 saturated heterocycles. The summed E-state index contributed by atoms with van der Waals surface area (Å²) in [7, 11) is 1.58. The number of aromatic nitrogens is 2. The van der Waals surface area contributed by atoms with Crippen LogP contribution in [0, 0.1) is 20.8 Å². The maximum Gasteiger partial charge on any atom is 0.338 e. The van der Waals surface area contributed by atoms with Crippen molar-refractivity contribution in [3.05, 3.63) is 114 Å². The first-order chi connectivity index (χ1) is 18.7. The van der Waals surface area contributed by atoms with Crippen molar-refractivity contribution in [3.63, 3.8) is 0 Å². The van der Waals surface area contributed by atoms with Crippen LogP contribution >= 0.6 is 11.3 Å². The standard InChI is InChI=1S/C31H31N3O4S/c1-7-38-30(36)27-20(4)32-31-34(28(27)24-10-8-9-11-25(24)37-6)29(35)26(39-31)17-22-16-19(3)33(21(22)5)23-14-12-18(2)13-15-23/h8-17,28H,7H2,1-6H3/b26-17-/t28-/m0/s1. The van der Waals surface area contributed by atoms with Crippen LogP contribution in [0.2, 0.25) is 0 Å². The Labute approximate surface area is 231 Å². The highest BCUT2D eigenvalue weighted by molar-refractivity contribution is 7.07. The molecule has 0 aliphatic carbocycles. The van der Waals surface area contributed by atoms with Crippen molar-refractivity contribution < 1.29 is 14.3 Å². The van der Waals surface area contributed by atoms with E-state index in [9.17, 15) is 9.59 Å². The van der Waals surface area contributed by atoms with Crippen molar-refractivity contribution in [2.24, 2.45) is 4.99 Å². The number of hydrogen-bond donors (Lipinski definition) is 0. The van der Waals surface area contributed by atoms with Crippen LogP contribution in [0.5, 0.6) is 5.75 Å². The van der Waals surface area contributed by atoms with Crippen molar-refractivity contribution in [2.75, 3.05) is 13.7 Å². The number of rotatable bonds is 6. The van der Waals surface area contributed by atoms with Gasteiger partial charge in [-0.05, 0) is 70.5 Å². The molecule has 4 aromatic rings. The lowest BCUT2D eigenvalue weighted by atomic mass is 9.95. The Bertz CT molecular complexity index is 1790. The van der Waals surface area contributed by atoms with Crippen molar-refractivity contribution in [2.45, 2.75) is 40.7 Å². The highest BCUT2D eigenvalue weighted by Crippen LogP contribution is 2.35. The zero-order valence-electron chi connectivity index (χ0n) is 22.9. The van der Waals surface area contributed by atoms with E-state index in [4.69, 9.17) is 9.47 Å². The molecule has 5 rings (SSSR count). The van der Waals surface area contributed by atoms with E-state index in [1.165, 1.54) is 16.9 Å². The lowest BCUT2D eigenvalue weighted by Crippen LogP contribution is -2.40. The van der Waals surface area contributed by atoms with Gasteiger partial charge < -0.3 is 14.0 Å². The number of carbonyl (C=O) groups is 1. The SMILES string of the molecule is CCOC(=O)C1=C(C)N=c2s/c(=C\c3cc(C)n(-c4ccc(C)cc4)c3C)c(=O)n2[C@H]1c1ccccc1OC. The number of ether oxygens (including phenoxy) is 2. The van der Waals surface area contributed by atoms with Crippen molar-refractivity contribution in [1.29, 1.82) is 0 Å². The third-order valence-corrected chi connectivity index (χ3v) is 7.98. The Kier molecular flexibility index (Phi) is 7.14. The molecule has 1 aliphatic heterocycles. The molecular formula is C31H31N3O4S. The zero-order chi connectivity index (χ0) is 27.8. The third-order valence-electron chi connectivity index (χ3n) is 7.00. The lowest BCUT2D eigenvalue weighted by Gasteiger charge is -2.25. The predicted octanol–water partition coefficient (Wildman–Crippen LogP) is 4.52. The number of benzene rings is 2. The molecule has 2 aromatic carbocycles. The van der Waals surface area contributed by atoms with Crippen LogP contribution in [0.1, 0.15) is 48.0 Å². The number of fused-ring (bicyclic) bond motifs is 1. The first-order valence-electron chi connectivity index (χ1n) is 12.8. The number of methoxy groups -OCH3 is 1. The molecule has 0 amide bonds. The van der Waals surface area contributed by atoms with Gasteiger partial charge in [-0.15, -0.1) is 0 Å². The second kappa shape index (κ2) is 10.5. The van der Waals surface area contributed by atoms with E-state index in [0.717, 1.165) is 22.6 Å². The Balaban J connectivity index is 1.71. The van der Waals surface area contributed by atoms with E-state index < -0.39 is 12.0 Å². The molecule has 200 valence electrons. The van der Waals surface area contributed by atoms with E-state index in [2.05, 4.69) is 60.7 Å². The molecule has 3 heterocycles. The summed E-state index contributed by atoms with van der Waals surface area (Å²) in [5, 5.41) is 0. The summed E-state index contributed by atoms with van der Waals surface area (Å²) in [4.78, 5) is 32.4. The molecule has 0 N–H and O–H groups in total. The number of thiazole rings is 1. The molecule has 1 aliphatic rings. The van der Waals surface area contributed by atoms with Crippen LogP contribution in [-0.2, 0) is 9.53 Å². The van der Waals surface area contributed by atoms with Gasteiger partial charge in [-0.1, -0.05) is 47.2 Å². The molecule has 0 fully saturated rings. The number of hydrogen-bond acceptors (Lipinski definition) is 6. The lowest BCUT2D eigenvalue weighted by molar-refractivity contribution is -0.139. The number of nitrogens with zero attached hydrogens (tertiary/aromatic N) is 3. The van der Waals surface area contributed by atoms with Gasteiger partial charge in [0.1, 0.15) is 11.8 Å². The quantitative estimate of drug-likeness (QED) is 0.337. The van der Waals surface area contributed by atoms with Gasteiger partial charge in [0.15, 0.2) is 4.80 Å². The normalized spacial score (nSPS) is 15.2. The maximum absolute atomic E-state index is 14.0. The Morgan fingerprint density at radius 1 is 1.08 bits per heavy atom. The molecule has 0 radical (unpaired) electrons. The second-order valence-corrected chi connectivity index (χ2v) is 10.6. The summed E-state index contributed by atoms with van der Waals surface area (Å²) in [6.45, 7) is 9.93. The minimum Gasteiger partial charge on any atom is -0.496 e. The fourth-order valence-corrected chi connectivity index (χ4v) is 6.18. The first kappa shape index (κ1) is 26.4. The molecule has 1 atom stereocenters. The van der Waals surface area contributed by atoms with Gasteiger partial charge in [-0.2, -0.15) is 0 Å². The molecule has 0 unspecified atom stereocenters. The summed E-state index contributed by atoms with van der Waals surface area (Å²) in [6.07, 6.45) is 1.92. The summed E-state index contributed by atoms with van der Waals surface area (Å²) in [5.41, 5.74) is 6.66. The van der Waals surface area contributed by atoms with Gasteiger partial charge in [0.2, 0.25) is 0 Å². The molecule has 39 heavy (non-hydrogen) atoms. The summed E-state index contributed by atoms with van der Waals surface area (Å²) < 4.78 is 15.3. The predicted molar refractivity (Wildman–Crippen MR) is 153 cm³/mol. The second-order valence-electron chi connectivity index (χ2n) is 9.54. The molecule has 8 heteroatoms. The number of carbonyl (C=O) groups excluding carboxylic acids is 1. The Hall–Kier alpha value is -4.17. The highest BCUT2D eigenvalue weighted by atomic mass is 32.1. The van der Waals surface area contributed by atoms with Crippen LogP contribution in [0.25, 0.3) is 11.8 Å². The van der Waals surface area contributed by atoms with Gasteiger partial charge in [-0.3, -0.25) is 9.36 Å². The van der Waals surface area contributed by atoms with Crippen molar-refractivity contribution in [1.82, 2.24) is 9.13 Å². The van der Waals surface area contributed by atoms with E-state index in [0.29, 0.717) is 31.9 Å². The summed E-state index contributed by atoms with van der Waals surface area (Å²) in [6, 6.07) is 17.2. The number of esters is 1. The molecule has 7 nitrogen and oxygen atoms in total. The fourth-order valence-electron chi connectivity index (χ4n) is 5.14. The summed E-state index contributed by atoms with van der Waals surface area (Å²) in [5.74, 6) is 0.0841. The molecular weight excluding hydrogens is 510 g/mol. The van der Waals surface area contributed by atoms with E-state index in [1.807, 2.05) is 30.3 Å². The fraction of sp³-hybridized carbons (Fsp3) is 0.258. The van der Waals surface area contributed by atoms with Gasteiger partial charge in [0.25, 0.3) is 5.56 Å². The van der Waals surface area contributed by atoms with Crippen LogP contribution in [-0.4, -0.2) is 28.8 Å². The van der Waals surface area contributed by atoms with E-state index in [1.54, 1.807) is 25.5 Å². The topological polar surface area (TPSA) is 74.8 Å². The van der Waals surface area contributed by atoms with Gasteiger partial charge >= 0.3 is 5.97 Å². The van der Waals surface area contributed by atoms with Gasteiger partial charge in [-0.25, -0.2) is 9.79 Å². The minimum atomic E-state index is -0.724. The maximum atomic E-state index is 14.0. The van der Waals surface area contributed by atoms with Crippen LogP contribution in [0.15, 0.2) is 75.7 Å². The summed E-state index contributed by atoms with van der Waals surface area (Å²) >= 11 is 1.31. The van der Waals surface area contributed by atoms with Crippen molar-refractivity contribution >= 4 is 23.4 Å². The Morgan fingerprint density at radius 3 is 2.49 bits per heavy atom. The number of allylic oxidation sites excluding steroid dienone is 1. The number of aryl methyl sites for hydroxylation is 2. The molecule has 0 spiro atoms. The molecule has 2 aromatic heterocycles. The largest absolute Gasteiger partial charge is 0.496 e.